The topological polar surface area (TPSA) is 41.1 Å². The summed E-state index contributed by atoms with van der Waals surface area (Å²) < 4.78 is 72.6. The third-order valence-corrected chi connectivity index (χ3v) is 1.52. The number of carbonyl (C=O) groups excluding carboxylic acids is 1. The molecule has 0 radical (unpaired) electrons. The summed E-state index contributed by atoms with van der Waals surface area (Å²) in [6.07, 6.45) is -9.56. The predicted molar refractivity (Wildman–Crippen MR) is 39.9 cm³/mol. The van der Waals surface area contributed by atoms with Crippen molar-refractivity contribution in [1.29, 1.82) is 0 Å². The molecule has 0 unspecified atom stereocenters. The normalized spacial score (nSPS) is 18.0. The summed E-state index contributed by atoms with van der Waals surface area (Å²) in [4.78, 5) is 10.7. The Morgan fingerprint density at radius 1 is 0.812 bits per heavy atom. The highest BCUT2D eigenvalue weighted by Gasteiger charge is 2.39. The van der Waals surface area contributed by atoms with Crippen molar-refractivity contribution in [1.82, 2.24) is 10.6 Å². The van der Waals surface area contributed by atoms with Crippen molar-refractivity contribution in [3.63, 3.8) is 0 Å². The molecule has 1 aliphatic heterocycles. The summed E-state index contributed by atoms with van der Waals surface area (Å²) in [5, 5.41) is 2.51. The number of nitrogens with one attached hydrogen (secondary N) is 2. The van der Waals surface area contributed by atoms with Crippen molar-refractivity contribution in [3.05, 3.63) is 23.5 Å². The second kappa shape index (κ2) is 3.72. The van der Waals surface area contributed by atoms with Crippen molar-refractivity contribution in [2.45, 2.75) is 12.4 Å². The van der Waals surface area contributed by atoms with E-state index in [1.165, 1.54) is 10.6 Å². The number of alkyl halides is 6. The molecule has 1 aliphatic rings. The van der Waals surface area contributed by atoms with Gasteiger partial charge in [0.1, 0.15) is 11.4 Å². The molecule has 0 fully saturated rings. The first-order chi connectivity index (χ1) is 7.10. The van der Waals surface area contributed by atoms with Crippen LogP contribution in [0.3, 0.4) is 0 Å². The molecular weight excluding hydrogens is 242 g/mol. The number of allylic oxidation sites excluding steroid dienone is 4. The van der Waals surface area contributed by atoms with E-state index in [4.69, 9.17) is 0 Å². The van der Waals surface area contributed by atoms with Crippen LogP contribution < -0.4 is 10.6 Å². The van der Waals surface area contributed by atoms with Crippen LogP contribution in [0.2, 0.25) is 0 Å². The van der Waals surface area contributed by atoms with Crippen LogP contribution >= 0.6 is 0 Å². The Kier molecular flexibility index (Phi) is 2.89. The van der Waals surface area contributed by atoms with Crippen LogP contribution in [0.25, 0.3) is 0 Å². The summed E-state index contributed by atoms with van der Waals surface area (Å²) in [6, 6.07) is -1.59. The first-order valence-corrected chi connectivity index (χ1v) is 3.75. The van der Waals surface area contributed by atoms with E-state index in [0.29, 0.717) is 0 Å². The summed E-state index contributed by atoms with van der Waals surface area (Å²) in [5.41, 5.74) is -3.13. The highest BCUT2D eigenvalue weighted by Crippen LogP contribution is 2.28. The number of carbonyl (C=O) groups is 1. The third-order valence-electron chi connectivity index (χ3n) is 1.52. The fourth-order valence-electron chi connectivity index (χ4n) is 0.857. The summed E-state index contributed by atoms with van der Waals surface area (Å²) >= 11 is 0. The van der Waals surface area contributed by atoms with Crippen molar-refractivity contribution in [2.75, 3.05) is 0 Å². The van der Waals surface area contributed by atoms with Gasteiger partial charge in [-0.2, -0.15) is 26.3 Å². The Bertz CT molecular complexity index is 330. The number of hydrogen-bond acceptors (Lipinski definition) is 1. The Balaban J connectivity index is 3.07. The van der Waals surface area contributed by atoms with Crippen molar-refractivity contribution < 1.29 is 31.1 Å². The molecule has 2 amide bonds. The van der Waals surface area contributed by atoms with Crippen LogP contribution in [0.5, 0.6) is 0 Å². The molecule has 16 heavy (non-hydrogen) atoms. The minimum atomic E-state index is -4.92. The molecule has 0 bridgehead atoms. The molecular formula is C7H4F6N2O. The lowest BCUT2D eigenvalue weighted by Gasteiger charge is -2.12. The molecule has 0 aromatic rings. The van der Waals surface area contributed by atoms with Gasteiger partial charge in [0.15, 0.2) is 0 Å². The smallest absolute Gasteiger partial charge is 0.303 e. The Morgan fingerprint density at radius 3 is 1.38 bits per heavy atom. The number of rotatable bonds is 0. The zero-order chi connectivity index (χ0) is 12.6. The van der Waals surface area contributed by atoms with E-state index in [1.807, 2.05) is 0 Å². The molecule has 1 heterocycles. The average molecular weight is 246 g/mol. The van der Waals surface area contributed by atoms with Crippen LogP contribution in [0.4, 0.5) is 31.1 Å². The molecule has 0 spiro atoms. The minimum Gasteiger partial charge on any atom is -0.303 e. The maximum absolute atomic E-state index is 12.1. The van der Waals surface area contributed by atoms with Crippen LogP contribution in [0.1, 0.15) is 0 Å². The summed E-state index contributed by atoms with van der Waals surface area (Å²) in [7, 11) is 0. The van der Waals surface area contributed by atoms with Gasteiger partial charge in [-0.1, -0.05) is 0 Å². The fraction of sp³-hybridized carbons (Fsp3) is 0.286. The van der Waals surface area contributed by atoms with Gasteiger partial charge in [-0.05, 0) is 12.2 Å². The summed E-state index contributed by atoms with van der Waals surface area (Å²) in [5.74, 6) is 0. The van der Waals surface area contributed by atoms with E-state index < -0.39 is 29.8 Å². The molecule has 1 rings (SSSR count). The lowest BCUT2D eigenvalue weighted by molar-refractivity contribution is -0.0954. The van der Waals surface area contributed by atoms with Gasteiger partial charge in [0.2, 0.25) is 0 Å². The molecule has 0 aliphatic carbocycles. The molecule has 3 nitrogen and oxygen atoms in total. The zero-order valence-corrected chi connectivity index (χ0v) is 7.33. The fourth-order valence-corrected chi connectivity index (χ4v) is 0.857. The molecule has 0 saturated heterocycles. The van der Waals surface area contributed by atoms with Crippen molar-refractivity contribution in [3.8, 4) is 0 Å². The predicted octanol–water partition coefficient (Wildman–Crippen LogP) is 2.19. The SMILES string of the molecule is O=C1NC(C(F)(F)F)=CC=C(C(F)(F)F)N1. The van der Waals surface area contributed by atoms with Crippen LogP contribution in [0, 0.1) is 0 Å². The van der Waals surface area contributed by atoms with Crippen molar-refractivity contribution >= 4 is 6.03 Å². The Hall–Kier alpha value is -1.67. The van der Waals surface area contributed by atoms with E-state index in [2.05, 4.69) is 0 Å². The molecule has 0 aromatic heterocycles. The quantitative estimate of drug-likeness (QED) is 0.632. The van der Waals surface area contributed by atoms with Gasteiger partial charge in [-0.15, -0.1) is 0 Å². The molecule has 2 N–H and O–H groups in total. The largest absolute Gasteiger partial charge is 0.431 e. The number of hydrogen-bond donors (Lipinski definition) is 2. The lowest BCUT2D eigenvalue weighted by Crippen LogP contribution is -2.39. The van der Waals surface area contributed by atoms with Gasteiger partial charge in [-0.25, -0.2) is 4.79 Å². The number of halogens is 6. The Labute approximate surface area is 84.8 Å². The van der Waals surface area contributed by atoms with Gasteiger partial charge in [0.05, 0.1) is 0 Å². The number of urea groups is 1. The van der Waals surface area contributed by atoms with Crippen LogP contribution in [-0.2, 0) is 0 Å². The van der Waals surface area contributed by atoms with Crippen LogP contribution in [-0.4, -0.2) is 18.4 Å². The van der Waals surface area contributed by atoms with Gasteiger partial charge < -0.3 is 10.6 Å². The molecule has 90 valence electrons. The van der Waals surface area contributed by atoms with Gasteiger partial charge in [-0.3, -0.25) is 0 Å². The molecule has 0 atom stereocenters. The zero-order valence-electron chi connectivity index (χ0n) is 7.33. The number of amides is 2. The van der Waals surface area contributed by atoms with E-state index in [-0.39, 0.29) is 12.2 Å². The van der Waals surface area contributed by atoms with E-state index >= 15 is 0 Å². The second-order valence-electron chi connectivity index (χ2n) is 2.74. The monoisotopic (exact) mass is 246 g/mol. The lowest BCUT2D eigenvalue weighted by atomic mass is 10.3. The van der Waals surface area contributed by atoms with E-state index in [9.17, 15) is 31.1 Å². The third kappa shape index (κ3) is 2.91. The maximum Gasteiger partial charge on any atom is 0.431 e. The Morgan fingerprint density at radius 2 is 1.12 bits per heavy atom. The van der Waals surface area contributed by atoms with Crippen molar-refractivity contribution in [2.24, 2.45) is 0 Å². The summed E-state index contributed by atoms with van der Waals surface area (Å²) in [6.45, 7) is 0. The average Bonchev–Trinajstić information content (AvgIpc) is 2.24. The first kappa shape index (κ1) is 12.4. The highest BCUT2D eigenvalue weighted by atomic mass is 19.4. The van der Waals surface area contributed by atoms with E-state index in [0.717, 1.165) is 0 Å². The maximum atomic E-state index is 12.1. The first-order valence-electron chi connectivity index (χ1n) is 3.75. The van der Waals surface area contributed by atoms with Crippen LogP contribution in [0.15, 0.2) is 23.5 Å². The molecule has 0 saturated carbocycles. The standard InChI is InChI=1S/C7H4F6N2O/c8-6(9,10)3-1-2-4(7(11,12)13)15-5(16)14-3/h1-2H,(H2,14,15,16). The van der Waals surface area contributed by atoms with E-state index in [1.54, 1.807) is 0 Å². The van der Waals surface area contributed by atoms with Gasteiger partial charge in [0.25, 0.3) is 0 Å². The van der Waals surface area contributed by atoms with Gasteiger partial charge in [0, 0.05) is 0 Å². The minimum absolute atomic E-state index is 0.140. The molecule has 9 heteroatoms. The molecule has 0 aromatic carbocycles. The van der Waals surface area contributed by atoms with Gasteiger partial charge >= 0.3 is 18.4 Å². The highest BCUT2D eigenvalue weighted by molar-refractivity contribution is 5.79. The second-order valence-corrected chi connectivity index (χ2v) is 2.74.